The van der Waals surface area contributed by atoms with Crippen LogP contribution in [0.3, 0.4) is 0 Å². The molecule has 146 valence electrons. The molecule has 0 spiro atoms. The third-order valence-electron chi connectivity index (χ3n) is 5.11. The van der Waals surface area contributed by atoms with Crippen molar-refractivity contribution < 1.29 is 29.2 Å². The number of ether oxygens (including phenoxy) is 4. The maximum Gasteiger partial charge on any atom is 0.160 e. The highest BCUT2D eigenvalue weighted by Gasteiger charge is 2.36. The lowest BCUT2D eigenvalue weighted by Gasteiger charge is -2.21. The summed E-state index contributed by atoms with van der Waals surface area (Å²) in [6, 6.07) is 11.1. The summed E-state index contributed by atoms with van der Waals surface area (Å²) in [6.07, 6.45) is 0.586. The Morgan fingerprint density at radius 2 is 1.52 bits per heavy atom. The molecule has 1 aliphatic rings. The smallest absolute Gasteiger partial charge is 0.160 e. The first-order valence-corrected chi connectivity index (χ1v) is 8.92. The molecule has 3 rings (SSSR count). The van der Waals surface area contributed by atoms with Crippen LogP contribution in [-0.2, 0) is 17.6 Å². The lowest BCUT2D eigenvalue weighted by atomic mass is 9.84. The number of aromatic hydroxyl groups is 1. The molecule has 27 heavy (non-hydrogen) atoms. The summed E-state index contributed by atoms with van der Waals surface area (Å²) in [4.78, 5) is 0. The predicted octanol–water partition coefficient (Wildman–Crippen LogP) is 2.78. The summed E-state index contributed by atoms with van der Waals surface area (Å²) in [6.45, 7) is 0.495. The van der Waals surface area contributed by atoms with Gasteiger partial charge in [0.05, 0.1) is 27.9 Å². The van der Waals surface area contributed by atoms with Crippen LogP contribution in [0, 0.1) is 11.8 Å². The molecule has 2 aromatic carbocycles. The van der Waals surface area contributed by atoms with E-state index in [4.69, 9.17) is 18.9 Å². The van der Waals surface area contributed by atoms with Crippen molar-refractivity contribution in [3.63, 3.8) is 0 Å². The van der Waals surface area contributed by atoms with E-state index in [-0.39, 0.29) is 17.6 Å². The molecule has 1 heterocycles. The number of phenols is 1. The van der Waals surface area contributed by atoms with Gasteiger partial charge in [-0.3, -0.25) is 0 Å². The van der Waals surface area contributed by atoms with Crippen LogP contribution in [0.5, 0.6) is 23.0 Å². The summed E-state index contributed by atoms with van der Waals surface area (Å²) in [7, 11) is 4.75. The number of phenolic OH excluding ortho intramolecular Hbond substituents is 1. The number of aliphatic hydroxyl groups excluding tert-OH is 1. The van der Waals surface area contributed by atoms with Gasteiger partial charge in [0.25, 0.3) is 0 Å². The van der Waals surface area contributed by atoms with Gasteiger partial charge in [0.1, 0.15) is 0 Å². The summed E-state index contributed by atoms with van der Waals surface area (Å²) in [5.41, 5.74) is 2.08. The van der Waals surface area contributed by atoms with Gasteiger partial charge in [-0.05, 0) is 54.2 Å². The van der Waals surface area contributed by atoms with E-state index in [1.807, 2.05) is 24.3 Å². The second-order valence-electron chi connectivity index (χ2n) is 6.75. The Morgan fingerprint density at radius 3 is 2.22 bits per heavy atom. The highest BCUT2D eigenvalue weighted by molar-refractivity contribution is 5.43. The third-order valence-corrected chi connectivity index (χ3v) is 5.11. The van der Waals surface area contributed by atoms with E-state index < -0.39 is 6.29 Å². The van der Waals surface area contributed by atoms with Crippen molar-refractivity contribution in [2.75, 3.05) is 27.9 Å². The Bertz CT molecular complexity index is 775. The fourth-order valence-electron chi connectivity index (χ4n) is 3.61. The lowest BCUT2D eigenvalue weighted by molar-refractivity contribution is -0.0820. The third kappa shape index (κ3) is 4.28. The molecule has 0 aliphatic carbocycles. The predicted molar refractivity (Wildman–Crippen MR) is 101 cm³/mol. The zero-order valence-electron chi connectivity index (χ0n) is 15.8. The minimum absolute atomic E-state index is 0.0488. The maximum absolute atomic E-state index is 10.3. The van der Waals surface area contributed by atoms with Crippen LogP contribution in [0.15, 0.2) is 36.4 Å². The van der Waals surface area contributed by atoms with Crippen LogP contribution in [-0.4, -0.2) is 44.4 Å². The first-order valence-electron chi connectivity index (χ1n) is 8.92. The van der Waals surface area contributed by atoms with E-state index >= 15 is 0 Å². The van der Waals surface area contributed by atoms with Crippen molar-refractivity contribution in [2.45, 2.75) is 19.1 Å². The molecule has 2 aromatic rings. The molecule has 6 nitrogen and oxygen atoms in total. The normalized spacial score (nSPS) is 21.9. The molecule has 0 saturated carbocycles. The van der Waals surface area contributed by atoms with Crippen molar-refractivity contribution in [3.05, 3.63) is 47.5 Å². The monoisotopic (exact) mass is 374 g/mol. The Balaban J connectivity index is 1.75. The molecule has 1 aliphatic heterocycles. The highest BCUT2D eigenvalue weighted by atomic mass is 16.6. The van der Waals surface area contributed by atoms with Crippen LogP contribution in [0.1, 0.15) is 11.1 Å². The van der Waals surface area contributed by atoms with Crippen LogP contribution in [0.25, 0.3) is 0 Å². The first kappa shape index (κ1) is 19.3. The average molecular weight is 374 g/mol. The van der Waals surface area contributed by atoms with Gasteiger partial charge in [-0.2, -0.15) is 0 Å². The largest absolute Gasteiger partial charge is 0.504 e. The maximum atomic E-state index is 10.3. The summed E-state index contributed by atoms with van der Waals surface area (Å²) < 4.78 is 21.4. The van der Waals surface area contributed by atoms with Crippen LogP contribution in [0.2, 0.25) is 0 Å². The summed E-state index contributed by atoms with van der Waals surface area (Å²) >= 11 is 0. The Morgan fingerprint density at radius 1 is 0.889 bits per heavy atom. The van der Waals surface area contributed by atoms with Crippen LogP contribution < -0.4 is 14.2 Å². The molecule has 1 saturated heterocycles. The molecule has 0 aromatic heterocycles. The lowest BCUT2D eigenvalue weighted by Crippen LogP contribution is -2.24. The molecule has 1 unspecified atom stereocenters. The molecule has 0 radical (unpaired) electrons. The molecular weight excluding hydrogens is 348 g/mol. The minimum atomic E-state index is -0.810. The average Bonchev–Trinajstić information content (AvgIpc) is 3.02. The van der Waals surface area contributed by atoms with Gasteiger partial charge < -0.3 is 29.2 Å². The number of hydrogen-bond donors (Lipinski definition) is 2. The zero-order chi connectivity index (χ0) is 19.4. The molecule has 2 N–H and O–H groups in total. The molecule has 1 fully saturated rings. The topological polar surface area (TPSA) is 77.4 Å². The second-order valence-corrected chi connectivity index (χ2v) is 6.75. The number of methoxy groups -OCH3 is 3. The van der Waals surface area contributed by atoms with Crippen LogP contribution >= 0.6 is 0 Å². The molecular formula is C21H26O6. The van der Waals surface area contributed by atoms with E-state index in [1.54, 1.807) is 26.4 Å². The van der Waals surface area contributed by atoms with Crippen LogP contribution in [0.4, 0.5) is 0 Å². The van der Waals surface area contributed by atoms with Crippen molar-refractivity contribution in [2.24, 2.45) is 11.8 Å². The fraction of sp³-hybridized carbons (Fsp3) is 0.429. The summed E-state index contributed by atoms with van der Waals surface area (Å²) in [5, 5.41) is 20.1. The second kappa shape index (κ2) is 8.50. The van der Waals surface area contributed by atoms with Crippen molar-refractivity contribution >= 4 is 0 Å². The van der Waals surface area contributed by atoms with E-state index in [1.165, 1.54) is 7.11 Å². The molecule has 0 amide bonds. The van der Waals surface area contributed by atoms with Crippen molar-refractivity contribution in [1.29, 1.82) is 0 Å². The number of rotatable bonds is 7. The van der Waals surface area contributed by atoms with Gasteiger partial charge in [-0.15, -0.1) is 0 Å². The summed E-state index contributed by atoms with van der Waals surface area (Å²) in [5.74, 6) is 2.03. The van der Waals surface area contributed by atoms with Crippen molar-refractivity contribution in [1.82, 2.24) is 0 Å². The number of hydrogen-bond acceptors (Lipinski definition) is 6. The first-order chi connectivity index (χ1) is 13.0. The van der Waals surface area contributed by atoms with Gasteiger partial charge in [-0.25, -0.2) is 0 Å². The van der Waals surface area contributed by atoms with Gasteiger partial charge in [-0.1, -0.05) is 12.1 Å². The van der Waals surface area contributed by atoms with Gasteiger partial charge >= 0.3 is 0 Å². The zero-order valence-corrected chi connectivity index (χ0v) is 15.8. The quantitative estimate of drug-likeness (QED) is 0.776. The van der Waals surface area contributed by atoms with E-state index in [0.29, 0.717) is 30.3 Å². The Labute approximate surface area is 159 Å². The van der Waals surface area contributed by atoms with E-state index in [2.05, 4.69) is 0 Å². The number of benzene rings is 2. The van der Waals surface area contributed by atoms with Gasteiger partial charge in [0, 0.05) is 5.92 Å². The fourth-order valence-corrected chi connectivity index (χ4v) is 3.61. The highest BCUT2D eigenvalue weighted by Crippen LogP contribution is 2.35. The van der Waals surface area contributed by atoms with Crippen molar-refractivity contribution in [3.8, 4) is 23.0 Å². The Kier molecular flexibility index (Phi) is 6.08. The van der Waals surface area contributed by atoms with Gasteiger partial charge in [0.15, 0.2) is 29.3 Å². The molecule has 0 bridgehead atoms. The van der Waals surface area contributed by atoms with Gasteiger partial charge in [0.2, 0.25) is 0 Å². The molecule has 6 heteroatoms. The minimum Gasteiger partial charge on any atom is -0.504 e. The SMILES string of the molecule is COc1cc(C[C@H]2C(O)OC[C@@H]2Cc2ccc(OC)c(OC)c2)ccc1O. The van der Waals surface area contributed by atoms with E-state index in [9.17, 15) is 10.2 Å². The molecule has 3 atom stereocenters. The Hall–Kier alpha value is -2.44. The standard InChI is InChI=1S/C21H26O6/c1-24-18-7-5-13(11-20(18)26-3)8-15-12-27-21(23)16(15)9-14-4-6-17(22)19(10-14)25-2/h4-7,10-11,15-16,21-23H,8-9,12H2,1-3H3/t15-,16+,21?/m0/s1. The number of aliphatic hydroxyl groups is 1. The van der Waals surface area contributed by atoms with E-state index in [0.717, 1.165) is 17.5 Å².